The molecule has 1 atom stereocenters. The molecule has 1 fully saturated rings. The Bertz CT molecular complexity index is 551. The summed E-state index contributed by atoms with van der Waals surface area (Å²) in [6.45, 7) is 6.41. The molecule has 1 aromatic heterocycles. The van der Waals surface area contributed by atoms with Crippen LogP contribution < -0.4 is 5.32 Å². The normalized spacial score (nSPS) is 19.3. The molecular formula is C15H19N3. The third-order valence-corrected chi connectivity index (χ3v) is 3.73. The van der Waals surface area contributed by atoms with Crippen molar-refractivity contribution in [3.8, 4) is 11.3 Å². The van der Waals surface area contributed by atoms with Gasteiger partial charge in [0.25, 0.3) is 0 Å². The number of rotatable bonds is 2. The smallest absolute Gasteiger partial charge is 0.110 e. The lowest BCUT2D eigenvalue weighted by Gasteiger charge is -2.06. The first-order valence-corrected chi connectivity index (χ1v) is 6.57. The van der Waals surface area contributed by atoms with Gasteiger partial charge in [0.2, 0.25) is 0 Å². The second kappa shape index (κ2) is 4.58. The summed E-state index contributed by atoms with van der Waals surface area (Å²) >= 11 is 0. The molecule has 1 aromatic carbocycles. The van der Waals surface area contributed by atoms with Gasteiger partial charge in [-0.3, -0.25) is 0 Å². The Morgan fingerprint density at radius 1 is 1.28 bits per heavy atom. The second-order valence-electron chi connectivity index (χ2n) is 5.19. The minimum Gasteiger partial charge on any atom is -0.342 e. The lowest BCUT2D eigenvalue weighted by molar-refractivity contribution is 0.715. The van der Waals surface area contributed by atoms with Crippen LogP contribution in [0.15, 0.2) is 24.4 Å². The van der Waals surface area contributed by atoms with Crippen LogP contribution in [0.5, 0.6) is 0 Å². The van der Waals surface area contributed by atoms with Crippen LogP contribution in [0.2, 0.25) is 0 Å². The summed E-state index contributed by atoms with van der Waals surface area (Å²) in [7, 11) is 0. The van der Waals surface area contributed by atoms with Crippen molar-refractivity contribution in [3.05, 3.63) is 41.3 Å². The first kappa shape index (κ1) is 11.5. The fraction of sp³-hybridized carbons (Fsp3) is 0.400. The van der Waals surface area contributed by atoms with E-state index >= 15 is 0 Å². The summed E-state index contributed by atoms with van der Waals surface area (Å²) < 4.78 is 0. The van der Waals surface area contributed by atoms with Gasteiger partial charge in [0.15, 0.2) is 0 Å². The Labute approximate surface area is 108 Å². The van der Waals surface area contributed by atoms with Crippen LogP contribution in [-0.4, -0.2) is 23.1 Å². The zero-order chi connectivity index (χ0) is 12.5. The van der Waals surface area contributed by atoms with Gasteiger partial charge in [-0.1, -0.05) is 17.7 Å². The van der Waals surface area contributed by atoms with E-state index in [0.29, 0.717) is 5.92 Å². The molecule has 94 valence electrons. The molecule has 3 heteroatoms. The number of H-pyrrole nitrogens is 1. The molecule has 1 unspecified atom stereocenters. The van der Waals surface area contributed by atoms with Crippen LogP contribution >= 0.6 is 0 Å². The monoisotopic (exact) mass is 241 g/mol. The van der Waals surface area contributed by atoms with E-state index < -0.39 is 0 Å². The molecular weight excluding hydrogens is 222 g/mol. The predicted octanol–water partition coefficient (Wildman–Crippen LogP) is 2.77. The molecule has 0 amide bonds. The molecule has 1 aliphatic rings. The van der Waals surface area contributed by atoms with Crippen LogP contribution in [0.1, 0.15) is 29.3 Å². The van der Waals surface area contributed by atoms with Gasteiger partial charge in [-0.05, 0) is 38.4 Å². The van der Waals surface area contributed by atoms with Gasteiger partial charge in [0, 0.05) is 18.0 Å². The molecule has 2 aromatic rings. The number of imidazole rings is 1. The number of hydrogen-bond acceptors (Lipinski definition) is 2. The summed E-state index contributed by atoms with van der Waals surface area (Å²) in [5.74, 6) is 1.67. The SMILES string of the molecule is Cc1ccc(C)c(-c2cnc(C3CCNC3)[nH]2)c1. The Hall–Kier alpha value is -1.61. The molecule has 0 bridgehead atoms. The second-order valence-corrected chi connectivity index (χ2v) is 5.19. The summed E-state index contributed by atoms with van der Waals surface area (Å²) in [6, 6.07) is 6.54. The average Bonchev–Trinajstić information content (AvgIpc) is 3.00. The minimum absolute atomic E-state index is 0.545. The highest BCUT2D eigenvalue weighted by atomic mass is 15.0. The Kier molecular flexibility index (Phi) is 2.92. The Morgan fingerprint density at radius 2 is 2.17 bits per heavy atom. The predicted molar refractivity (Wildman–Crippen MR) is 73.7 cm³/mol. The first-order chi connectivity index (χ1) is 8.74. The molecule has 0 spiro atoms. The molecule has 2 N–H and O–H groups in total. The van der Waals surface area contributed by atoms with E-state index in [9.17, 15) is 0 Å². The van der Waals surface area contributed by atoms with Crippen LogP contribution in [0.3, 0.4) is 0 Å². The van der Waals surface area contributed by atoms with Crippen molar-refractivity contribution in [2.75, 3.05) is 13.1 Å². The quantitative estimate of drug-likeness (QED) is 0.848. The molecule has 0 radical (unpaired) electrons. The van der Waals surface area contributed by atoms with Gasteiger partial charge in [-0.2, -0.15) is 0 Å². The molecule has 1 aliphatic heterocycles. The Morgan fingerprint density at radius 3 is 2.94 bits per heavy atom. The zero-order valence-electron chi connectivity index (χ0n) is 11.0. The lowest BCUT2D eigenvalue weighted by Crippen LogP contribution is -2.08. The highest BCUT2D eigenvalue weighted by Crippen LogP contribution is 2.26. The van der Waals surface area contributed by atoms with Gasteiger partial charge in [-0.15, -0.1) is 0 Å². The maximum atomic E-state index is 4.55. The van der Waals surface area contributed by atoms with Crippen molar-refractivity contribution in [2.24, 2.45) is 0 Å². The van der Waals surface area contributed by atoms with E-state index in [0.717, 1.165) is 24.6 Å². The number of aromatic amines is 1. The van der Waals surface area contributed by atoms with Crippen LogP contribution in [0.25, 0.3) is 11.3 Å². The number of nitrogens with zero attached hydrogens (tertiary/aromatic N) is 1. The number of hydrogen-bond donors (Lipinski definition) is 2. The average molecular weight is 241 g/mol. The van der Waals surface area contributed by atoms with Crippen LogP contribution in [0, 0.1) is 13.8 Å². The van der Waals surface area contributed by atoms with Gasteiger partial charge >= 0.3 is 0 Å². The van der Waals surface area contributed by atoms with Crippen LogP contribution in [-0.2, 0) is 0 Å². The molecule has 1 saturated heterocycles. The Balaban J connectivity index is 1.94. The standard InChI is InChI=1S/C15H19N3/c1-10-3-4-11(2)13(7-10)14-9-17-15(18-14)12-5-6-16-8-12/h3-4,7,9,12,16H,5-6,8H2,1-2H3,(H,17,18). The summed E-state index contributed by atoms with van der Waals surface area (Å²) in [6.07, 6.45) is 3.15. The zero-order valence-corrected chi connectivity index (χ0v) is 11.0. The number of aryl methyl sites for hydroxylation is 2. The van der Waals surface area contributed by atoms with Gasteiger partial charge < -0.3 is 10.3 Å². The molecule has 2 heterocycles. The van der Waals surface area contributed by atoms with Crippen LogP contribution in [0.4, 0.5) is 0 Å². The number of aromatic nitrogens is 2. The largest absolute Gasteiger partial charge is 0.342 e. The maximum Gasteiger partial charge on any atom is 0.110 e. The van der Waals surface area contributed by atoms with E-state index in [2.05, 4.69) is 47.3 Å². The summed E-state index contributed by atoms with van der Waals surface area (Å²) in [4.78, 5) is 8.04. The van der Waals surface area contributed by atoms with Crippen molar-refractivity contribution in [1.29, 1.82) is 0 Å². The maximum absolute atomic E-state index is 4.55. The highest BCUT2D eigenvalue weighted by Gasteiger charge is 2.19. The number of benzene rings is 1. The van der Waals surface area contributed by atoms with Gasteiger partial charge in [0.1, 0.15) is 5.82 Å². The van der Waals surface area contributed by atoms with E-state index in [1.807, 2.05) is 6.20 Å². The van der Waals surface area contributed by atoms with E-state index in [1.165, 1.54) is 23.1 Å². The summed E-state index contributed by atoms with van der Waals surface area (Å²) in [5.41, 5.74) is 4.98. The highest BCUT2D eigenvalue weighted by molar-refractivity contribution is 5.63. The third-order valence-electron chi connectivity index (χ3n) is 3.73. The molecule has 3 nitrogen and oxygen atoms in total. The first-order valence-electron chi connectivity index (χ1n) is 6.57. The van der Waals surface area contributed by atoms with Crippen molar-refractivity contribution < 1.29 is 0 Å². The molecule has 0 saturated carbocycles. The molecule has 18 heavy (non-hydrogen) atoms. The number of nitrogens with one attached hydrogen (secondary N) is 2. The lowest BCUT2D eigenvalue weighted by atomic mass is 10.0. The van der Waals surface area contributed by atoms with E-state index in [1.54, 1.807) is 0 Å². The van der Waals surface area contributed by atoms with Crippen molar-refractivity contribution >= 4 is 0 Å². The summed E-state index contributed by atoms with van der Waals surface area (Å²) in [5, 5.41) is 3.38. The topological polar surface area (TPSA) is 40.7 Å². The van der Waals surface area contributed by atoms with E-state index in [4.69, 9.17) is 0 Å². The van der Waals surface area contributed by atoms with Gasteiger partial charge in [0.05, 0.1) is 11.9 Å². The van der Waals surface area contributed by atoms with Crippen molar-refractivity contribution in [3.63, 3.8) is 0 Å². The third kappa shape index (κ3) is 2.06. The van der Waals surface area contributed by atoms with Crippen molar-refractivity contribution in [2.45, 2.75) is 26.2 Å². The van der Waals surface area contributed by atoms with Gasteiger partial charge in [-0.25, -0.2) is 4.98 Å². The minimum atomic E-state index is 0.545. The fourth-order valence-corrected chi connectivity index (χ4v) is 2.60. The molecule has 0 aliphatic carbocycles. The van der Waals surface area contributed by atoms with E-state index in [-0.39, 0.29) is 0 Å². The fourth-order valence-electron chi connectivity index (χ4n) is 2.60. The molecule has 3 rings (SSSR count). The van der Waals surface area contributed by atoms with Crippen molar-refractivity contribution in [1.82, 2.24) is 15.3 Å².